The molecule has 4 rings (SSSR count). The summed E-state index contributed by atoms with van der Waals surface area (Å²) in [4.78, 5) is 26.6. The molecule has 2 heterocycles. The van der Waals surface area contributed by atoms with E-state index in [-0.39, 0.29) is 18.6 Å². The summed E-state index contributed by atoms with van der Waals surface area (Å²) < 4.78 is 26.6. The van der Waals surface area contributed by atoms with Gasteiger partial charge in [-0.05, 0) is 12.1 Å². The molecule has 0 saturated carbocycles. The molecule has 170 valence electrons. The molecular formula is C22H25N3O7. The number of nitrogens with zero attached hydrogens (tertiary/aromatic N) is 1. The van der Waals surface area contributed by atoms with Crippen LogP contribution in [-0.4, -0.2) is 53.2 Å². The van der Waals surface area contributed by atoms with Gasteiger partial charge in [0.05, 0.1) is 27.0 Å². The van der Waals surface area contributed by atoms with Gasteiger partial charge in [-0.25, -0.2) is 4.79 Å². The van der Waals surface area contributed by atoms with Crippen molar-refractivity contribution in [2.45, 2.75) is 6.42 Å². The van der Waals surface area contributed by atoms with Crippen LogP contribution in [0.15, 0.2) is 30.3 Å². The van der Waals surface area contributed by atoms with E-state index in [1.54, 1.807) is 29.2 Å². The van der Waals surface area contributed by atoms with E-state index < -0.39 is 6.03 Å². The molecule has 3 amide bonds. The van der Waals surface area contributed by atoms with Gasteiger partial charge in [0.15, 0.2) is 23.0 Å². The van der Waals surface area contributed by atoms with Crippen LogP contribution < -0.4 is 39.2 Å². The highest BCUT2D eigenvalue weighted by atomic mass is 16.7. The number of carbonyl (C=O) groups is 2. The van der Waals surface area contributed by atoms with E-state index in [2.05, 4.69) is 10.6 Å². The summed E-state index contributed by atoms with van der Waals surface area (Å²) >= 11 is 0. The summed E-state index contributed by atoms with van der Waals surface area (Å²) in [5, 5.41) is 5.58. The van der Waals surface area contributed by atoms with Crippen LogP contribution in [0.4, 0.5) is 16.2 Å². The van der Waals surface area contributed by atoms with E-state index in [1.807, 2.05) is 6.07 Å². The minimum absolute atomic E-state index is 0.000649. The zero-order valence-electron chi connectivity index (χ0n) is 18.1. The Bertz CT molecular complexity index is 1000. The maximum absolute atomic E-state index is 12.5. The van der Waals surface area contributed by atoms with E-state index in [0.29, 0.717) is 53.9 Å². The number of carbonyl (C=O) groups excluding carboxylic acids is 2. The lowest BCUT2D eigenvalue weighted by atomic mass is 10.1. The molecule has 2 aliphatic heterocycles. The van der Waals surface area contributed by atoms with Crippen LogP contribution in [0.1, 0.15) is 6.42 Å². The number of hydrogen-bond donors (Lipinski definition) is 2. The molecule has 32 heavy (non-hydrogen) atoms. The van der Waals surface area contributed by atoms with Crippen LogP contribution in [0, 0.1) is 5.92 Å². The van der Waals surface area contributed by atoms with Crippen LogP contribution in [-0.2, 0) is 4.79 Å². The number of hydrogen-bond acceptors (Lipinski definition) is 7. The van der Waals surface area contributed by atoms with Crippen LogP contribution in [0.25, 0.3) is 0 Å². The molecule has 0 aliphatic carbocycles. The first-order valence-corrected chi connectivity index (χ1v) is 10.1. The van der Waals surface area contributed by atoms with Gasteiger partial charge in [-0.2, -0.15) is 0 Å². The number of amides is 3. The Labute approximate surface area is 185 Å². The maximum atomic E-state index is 12.5. The minimum atomic E-state index is -0.395. The molecule has 1 saturated heterocycles. The molecule has 0 aromatic heterocycles. The molecule has 1 atom stereocenters. The third-order valence-electron chi connectivity index (χ3n) is 5.35. The average Bonchev–Trinajstić information content (AvgIpc) is 3.42. The lowest BCUT2D eigenvalue weighted by Gasteiger charge is -2.18. The molecule has 0 radical (unpaired) electrons. The van der Waals surface area contributed by atoms with Crippen LogP contribution in [0.5, 0.6) is 28.7 Å². The number of benzene rings is 2. The quantitative estimate of drug-likeness (QED) is 0.677. The van der Waals surface area contributed by atoms with E-state index >= 15 is 0 Å². The van der Waals surface area contributed by atoms with Gasteiger partial charge in [0.1, 0.15) is 0 Å². The molecule has 2 aromatic carbocycles. The predicted octanol–water partition coefficient (Wildman–Crippen LogP) is 2.62. The van der Waals surface area contributed by atoms with Crippen molar-refractivity contribution in [2.24, 2.45) is 5.92 Å². The molecule has 10 heteroatoms. The Morgan fingerprint density at radius 3 is 2.47 bits per heavy atom. The smallest absolute Gasteiger partial charge is 0.319 e. The fraction of sp³-hybridized carbons (Fsp3) is 0.364. The highest BCUT2D eigenvalue weighted by Crippen LogP contribution is 2.40. The van der Waals surface area contributed by atoms with Gasteiger partial charge in [-0.15, -0.1) is 0 Å². The fourth-order valence-electron chi connectivity index (χ4n) is 3.79. The van der Waals surface area contributed by atoms with Crippen molar-refractivity contribution in [2.75, 3.05) is 51.4 Å². The zero-order chi connectivity index (χ0) is 22.7. The molecule has 0 spiro atoms. The van der Waals surface area contributed by atoms with Gasteiger partial charge in [-0.3, -0.25) is 4.79 Å². The lowest BCUT2D eigenvalue weighted by molar-refractivity contribution is -0.117. The van der Waals surface area contributed by atoms with Crippen molar-refractivity contribution >= 4 is 23.3 Å². The second-order valence-electron chi connectivity index (χ2n) is 7.36. The number of nitrogens with one attached hydrogen (secondary N) is 2. The molecule has 1 fully saturated rings. The standard InChI is InChI=1S/C22H25N3O7/c1-28-18-7-14(8-19(29-2)21(18)30-3)24-22(27)23-10-13-6-20(26)25(11-13)15-4-5-16-17(9-15)32-12-31-16/h4-5,7-9,13H,6,10-12H2,1-3H3,(H2,23,24,27). The third kappa shape index (κ3) is 4.29. The van der Waals surface area contributed by atoms with Crippen molar-refractivity contribution in [1.82, 2.24) is 5.32 Å². The summed E-state index contributed by atoms with van der Waals surface area (Å²) in [7, 11) is 4.52. The summed E-state index contributed by atoms with van der Waals surface area (Å²) in [6, 6.07) is 8.31. The minimum Gasteiger partial charge on any atom is -0.493 e. The molecule has 2 aliphatic rings. The van der Waals surface area contributed by atoms with Gasteiger partial charge >= 0.3 is 6.03 Å². The fourth-order valence-corrected chi connectivity index (χ4v) is 3.79. The highest BCUT2D eigenvalue weighted by Gasteiger charge is 2.31. The Morgan fingerprint density at radius 1 is 1.06 bits per heavy atom. The molecule has 2 aromatic rings. The predicted molar refractivity (Wildman–Crippen MR) is 116 cm³/mol. The van der Waals surface area contributed by atoms with Crippen LogP contribution in [0.3, 0.4) is 0 Å². The number of methoxy groups -OCH3 is 3. The Morgan fingerprint density at radius 2 is 1.78 bits per heavy atom. The Kier molecular flexibility index (Phi) is 6.11. The van der Waals surface area contributed by atoms with Crippen LogP contribution in [0.2, 0.25) is 0 Å². The summed E-state index contributed by atoms with van der Waals surface area (Å²) in [6.45, 7) is 1.03. The normalized spacial score (nSPS) is 16.7. The second kappa shape index (κ2) is 9.13. The van der Waals surface area contributed by atoms with Gasteiger partial charge in [0, 0.05) is 49.3 Å². The zero-order valence-corrected chi connectivity index (χ0v) is 18.1. The average molecular weight is 443 g/mol. The molecule has 10 nitrogen and oxygen atoms in total. The first kappa shape index (κ1) is 21.4. The molecule has 2 N–H and O–H groups in total. The van der Waals surface area contributed by atoms with Gasteiger partial charge in [0.25, 0.3) is 0 Å². The Balaban J connectivity index is 1.34. The van der Waals surface area contributed by atoms with Crippen molar-refractivity contribution in [3.05, 3.63) is 30.3 Å². The summed E-state index contributed by atoms with van der Waals surface area (Å²) in [6.07, 6.45) is 0.346. The van der Waals surface area contributed by atoms with Crippen molar-refractivity contribution in [3.63, 3.8) is 0 Å². The van der Waals surface area contributed by atoms with Crippen molar-refractivity contribution in [3.8, 4) is 28.7 Å². The third-order valence-corrected chi connectivity index (χ3v) is 5.35. The number of fused-ring (bicyclic) bond motifs is 1. The first-order chi connectivity index (χ1) is 15.5. The summed E-state index contributed by atoms with van der Waals surface area (Å²) in [5.74, 6) is 2.59. The van der Waals surface area contributed by atoms with Gasteiger partial charge < -0.3 is 39.2 Å². The summed E-state index contributed by atoms with van der Waals surface area (Å²) in [5.41, 5.74) is 1.24. The van der Waals surface area contributed by atoms with E-state index in [9.17, 15) is 9.59 Å². The number of ether oxygens (including phenoxy) is 5. The number of anilines is 2. The maximum Gasteiger partial charge on any atom is 0.319 e. The monoisotopic (exact) mass is 443 g/mol. The van der Waals surface area contributed by atoms with Gasteiger partial charge in [-0.1, -0.05) is 0 Å². The lowest BCUT2D eigenvalue weighted by Crippen LogP contribution is -2.34. The topological polar surface area (TPSA) is 108 Å². The number of rotatable bonds is 7. The molecule has 1 unspecified atom stereocenters. The van der Waals surface area contributed by atoms with Crippen molar-refractivity contribution in [1.29, 1.82) is 0 Å². The largest absolute Gasteiger partial charge is 0.493 e. The number of urea groups is 1. The van der Waals surface area contributed by atoms with Gasteiger partial charge in [0.2, 0.25) is 18.4 Å². The highest BCUT2D eigenvalue weighted by molar-refractivity contribution is 5.96. The van der Waals surface area contributed by atoms with E-state index in [4.69, 9.17) is 23.7 Å². The SMILES string of the molecule is COc1cc(NC(=O)NCC2CC(=O)N(c3ccc4c(c3)OCO4)C2)cc(OC)c1OC. The van der Waals surface area contributed by atoms with Crippen molar-refractivity contribution < 1.29 is 33.3 Å². The Hall–Kier alpha value is -3.82. The van der Waals surface area contributed by atoms with Crippen LogP contribution >= 0.6 is 0 Å². The molecule has 0 bridgehead atoms. The first-order valence-electron chi connectivity index (χ1n) is 10.1. The molecular weight excluding hydrogens is 418 g/mol. The second-order valence-corrected chi connectivity index (χ2v) is 7.36. The van der Waals surface area contributed by atoms with E-state index in [1.165, 1.54) is 21.3 Å². The van der Waals surface area contributed by atoms with E-state index in [0.717, 1.165) is 5.69 Å².